The van der Waals surface area contributed by atoms with E-state index >= 15 is 0 Å². The lowest BCUT2D eigenvalue weighted by molar-refractivity contribution is -0.0980. The predicted molar refractivity (Wildman–Crippen MR) is 200 cm³/mol. The first-order chi connectivity index (χ1) is 20.5. The summed E-state index contributed by atoms with van der Waals surface area (Å²) in [5, 5.41) is 3.36. The van der Waals surface area contributed by atoms with Crippen molar-refractivity contribution in [1.29, 1.82) is 0 Å². The van der Waals surface area contributed by atoms with Gasteiger partial charge >= 0.3 is 0 Å². The summed E-state index contributed by atoms with van der Waals surface area (Å²) in [6.07, 6.45) is 24.7. The van der Waals surface area contributed by atoms with Crippen LogP contribution in [-0.2, 0) is 21.1 Å². The molecule has 1 aromatic rings. The van der Waals surface area contributed by atoms with Gasteiger partial charge in [-0.25, -0.2) is 8.42 Å². The number of sulfone groups is 1. The molecule has 0 aliphatic heterocycles. The van der Waals surface area contributed by atoms with Crippen molar-refractivity contribution in [3.63, 3.8) is 0 Å². The van der Waals surface area contributed by atoms with Crippen molar-refractivity contribution in [1.82, 2.24) is 5.32 Å². The lowest BCUT2D eigenvalue weighted by Crippen LogP contribution is -2.37. The number of unbranched alkanes of at least 4 members (excludes halogenated alkanes) is 2. The molecule has 0 spiro atoms. The van der Waals surface area contributed by atoms with Crippen LogP contribution in [0.15, 0.2) is 43.5 Å². The lowest BCUT2D eigenvalue weighted by atomic mass is 9.88. The highest BCUT2D eigenvalue weighted by atomic mass is 32.2. The molecule has 1 saturated carbocycles. The molecule has 5 heteroatoms. The second-order valence-electron chi connectivity index (χ2n) is 11.4. The summed E-state index contributed by atoms with van der Waals surface area (Å²) in [5.74, 6) is 6.44. The third-order valence-electron chi connectivity index (χ3n) is 6.80. The summed E-state index contributed by atoms with van der Waals surface area (Å²) in [5.41, 5.74) is 1.20. The molecule has 4 nitrogen and oxygen atoms in total. The summed E-state index contributed by atoms with van der Waals surface area (Å²) in [6.45, 7) is 23.5. The minimum absolute atomic E-state index is 0. The van der Waals surface area contributed by atoms with E-state index in [0.717, 1.165) is 44.7 Å². The van der Waals surface area contributed by atoms with Crippen molar-refractivity contribution in [3.8, 4) is 24.7 Å². The number of carbonyl (C=O) groups is 1. The zero-order valence-electron chi connectivity index (χ0n) is 29.1. The first-order valence-electron chi connectivity index (χ1n) is 16.1. The molecule has 0 amide bonds. The van der Waals surface area contributed by atoms with E-state index in [-0.39, 0.29) is 19.1 Å². The van der Waals surface area contributed by atoms with E-state index in [4.69, 9.17) is 17.6 Å². The SMILES string of the molecule is C.C#CCC.C#CCCCC.C=C.C=O.CCC1CCCCC1.CCCNC[C@H](Cc1ccccc1)CS(=O)(=O)C(C)(C)C. The molecule has 1 aromatic carbocycles. The van der Waals surface area contributed by atoms with Crippen LogP contribution in [0.3, 0.4) is 0 Å². The number of hydrogen-bond donors (Lipinski definition) is 1. The zero-order chi connectivity index (χ0) is 34.0. The summed E-state index contributed by atoms with van der Waals surface area (Å²) < 4.78 is 24.2. The number of terminal acetylenes is 2. The van der Waals surface area contributed by atoms with Crippen LogP contribution >= 0.6 is 0 Å². The number of nitrogens with one attached hydrogen (secondary N) is 1. The number of rotatable bonds is 11. The van der Waals surface area contributed by atoms with Crippen molar-refractivity contribution >= 4 is 16.6 Å². The molecular formula is C39H71NO3S. The average Bonchev–Trinajstić information content (AvgIpc) is 3.03. The first kappa shape index (κ1) is 51.2. The molecule has 0 unspecified atom stereocenters. The minimum Gasteiger partial charge on any atom is -0.316 e. The van der Waals surface area contributed by atoms with Gasteiger partial charge in [0.1, 0.15) is 6.79 Å². The van der Waals surface area contributed by atoms with Gasteiger partial charge in [0.25, 0.3) is 0 Å². The molecule has 0 bridgehead atoms. The van der Waals surface area contributed by atoms with Gasteiger partial charge in [-0.1, -0.05) is 110 Å². The summed E-state index contributed by atoms with van der Waals surface area (Å²) in [4.78, 5) is 8.00. The molecule has 0 aromatic heterocycles. The highest BCUT2D eigenvalue weighted by Gasteiger charge is 2.31. The molecule has 1 aliphatic rings. The molecule has 256 valence electrons. The molecular weight excluding hydrogens is 563 g/mol. The van der Waals surface area contributed by atoms with E-state index in [0.29, 0.717) is 0 Å². The number of benzene rings is 1. The van der Waals surface area contributed by atoms with Crippen LogP contribution in [0, 0.1) is 36.5 Å². The quantitative estimate of drug-likeness (QED) is 0.150. The minimum atomic E-state index is -3.09. The van der Waals surface area contributed by atoms with Gasteiger partial charge in [-0.15, -0.1) is 37.8 Å². The lowest BCUT2D eigenvalue weighted by Gasteiger charge is -2.24. The van der Waals surface area contributed by atoms with Gasteiger partial charge < -0.3 is 10.1 Å². The van der Waals surface area contributed by atoms with Crippen molar-refractivity contribution in [2.45, 2.75) is 138 Å². The molecule has 0 radical (unpaired) electrons. The van der Waals surface area contributed by atoms with Crippen molar-refractivity contribution < 1.29 is 13.2 Å². The Morgan fingerprint density at radius 3 is 1.80 bits per heavy atom. The normalized spacial score (nSPS) is 12.7. The highest BCUT2D eigenvalue weighted by molar-refractivity contribution is 7.92. The first-order valence-corrected chi connectivity index (χ1v) is 17.8. The predicted octanol–water partition coefficient (Wildman–Crippen LogP) is 10.1. The monoisotopic (exact) mass is 634 g/mol. The van der Waals surface area contributed by atoms with E-state index in [1.807, 2.05) is 31.9 Å². The van der Waals surface area contributed by atoms with Crippen LogP contribution in [0.25, 0.3) is 0 Å². The van der Waals surface area contributed by atoms with Gasteiger partial charge in [0.05, 0.1) is 10.5 Å². The Bertz CT molecular complexity index is 884. The van der Waals surface area contributed by atoms with Gasteiger partial charge in [-0.2, -0.15) is 0 Å². The average molecular weight is 634 g/mol. The van der Waals surface area contributed by atoms with Crippen molar-refractivity contribution in [2.24, 2.45) is 11.8 Å². The molecule has 0 heterocycles. The maximum absolute atomic E-state index is 12.5. The maximum Gasteiger partial charge on any atom is 0.155 e. The fourth-order valence-corrected chi connectivity index (χ4v) is 5.41. The largest absolute Gasteiger partial charge is 0.316 e. The van der Waals surface area contributed by atoms with E-state index in [1.165, 1.54) is 56.9 Å². The molecule has 1 aliphatic carbocycles. The second kappa shape index (κ2) is 36.8. The van der Waals surface area contributed by atoms with E-state index in [9.17, 15) is 8.42 Å². The van der Waals surface area contributed by atoms with Gasteiger partial charge in [0.2, 0.25) is 0 Å². The van der Waals surface area contributed by atoms with Crippen LogP contribution in [0.2, 0.25) is 0 Å². The Hall–Kier alpha value is -2.34. The Morgan fingerprint density at radius 1 is 0.932 bits per heavy atom. The summed E-state index contributed by atoms with van der Waals surface area (Å²) >= 11 is 0. The van der Waals surface area contributed by atoms with Crippen LogP contribution in [0.5, 0.6) is 0 Å². The van der Waals surface area contributed by atoms with Crippen LogP contribution in [0.1, 0.15) is 132 Å². The molecule has 0 saturated heterocycles. The van der Waals surface area contributed by atoms with Crippen LogP contribution in [0.4, 0.5) is 0 Å². The number of hydrogen-bond acceptors (Lipinski definition) is 4. The summed E-state index contributed by atoms with van der Waals surface area (Å²) in [6, 6.07) is 10.1. The topological polar surface area (TPSA) is 63.2 Å². The summed E-state index contributed by atoms with van der Waals surface area (Å²) in [7, 11) is -3.09. The Kier molecular flexibility index (Phi) is 42.9. The molecule has 2 rings (SSSR count). The Balaban J connectivity index is -0.000000181. The third-order valence-corrected chi connectivity index (χ3v) is 9.57. The molecule has 44 heavy (non-hydrogen) atoms. The van der Waals surface area contributed by atoms with Crippen molar-refractivity contribution in [3.05, 3.63) is 49.1 Å². The fourth-order valence-electron chi connectivity index (χ4n) is 4.05. The Morgan fingerprint density at radius 2 is 1.45 bits per heavy atom. The van der Waals surface area contributed by atoms with Crippen molar-refractivity contribution in [2.75, 3.05) is 18.8 Å². The van der Waals surface area contributed by atoms with Gasteiger partial charge in [0, 0.05) is 12.8 Å². The zero-order valence-corrected chi connectivity index (χ0v) is 29.9. The number of carbonyl (C=O) groups excluding carboxylic acids is 1. The molecule has 1 N–H and O–H groups in total. The molecule has 1 atom stereocenters. The van der Waals surface area contributed by atoms with Gasteiger partial charge in [-0.3, -0.25) is 0 Å². The molecule has 1 fully saturated rings. The highest BCUT2D eigenvalue weighted by Crippen LogP contribution is 2.25. The van der Waals surface area contributed by atoms with E-state index in [1.54, 1.807) is 20.8 Å². The van der Waals surface area contributed by atoms with Crippen LogP contribution < -0.4 is 5.32 Å². The van der Waals surface area contributed by atoms with Gasteiger partial charge in [0.15, 0.2) is 9.84 Å². The van der Waals surface area contributed by atoms with E-state index in [2.05, 4.69) is 63.2 Å². The van der Waals surface area contributed by atoms with E-state index < -0.39 is 14.6 Å². The second-order valence-corrected chi connectivity index (χ2v) is 14.2. The Labute approximate surface area is 276 Å². The smallest absolute Gasteiger partial charge is 0.155 e. The van der Waals surface area contributed by atoms with Gasteiger partial charge in [-0.05, 0) is 70.5 Å². The van der Waals surface area contributed by atoms with Crippen LogP contribution in [-0.4, -0.2) is 38.8 Å². The standard InChI is InChI=1S/C17H29NO2S.C8H16.C6H10.C4H6.C2H4.CH2O.CH4/c1-5-11-18-13-16(12-15-9-7-6-8-10-15)14-21(19,20)17(2,3)4;1-2-8-6-4-3-5-7-8;1-3-5-6-4-2;1-3-4-2;2*1-2;/h6-10,16,18H,5,11-14H2,1-4H3;8H,2-7H2,1H3;1H,4-6H2,2H3;1H,4H2,2H3;1-2H2;1H2;1H4/t16-;;;;;;/m0....../s1. The third kappa shape index (κ3) is 32.6. The fraction of sp³-hybridized carbons (Fsp3) is 0.667. The maximum atomic E-state index is 12.5.